The van der Waals surface area contributed by atoms with Crippen molar-refractivity contribution in [3.8, 4) is 0 Å². The second-order valence-corrected chi connectivity index (χ2v) is 4.55. The largest absolute Gasteiger partial charge is 0.481 e. The third-order valence-electron chi connectivity index (χ3n) is 2.50. The number of carboxylic acid groups (broad SMARTS) is 1. The minimum Gasteiger partial charge on any atom is -0.481 e. The number of nitrogens with zero attached hydrogens (tertiary/aromatic N) is 1. The maximum atomic E-state index is 11.6. The van der Waals surface area contributed by atoms with Gasteiger partial charge in [-0.2, -0.15) is 0 Å². The minimum atomic E-state index is -1.11. The molecule has 0 fully saturated rings. The number of carbonyl (C=O) groups is 2. The van der Waals surface area contributed by atoms with Crippen molar-refractivity contribution in [3.05, 3.63) is 29.6 Å². The summed E-state index contributed by atoms with van der Waals surface area (Å²) in [6.07, 6.45) is -0.485. The lowest BCUT2D eigenvalue weighted by atomic mass is 10.2. The molecule has 0 bridgehead atoms. The van der Waals surface area contributed by atoms with E-state index in [9.17, 15) is 9.59 Å². The molecule has 5 heteroatoms. The SMILES string of the molecule is CN(C(=O)CC(=O)O)c1csc2ccccc12. The lowest BCUT2D eigenvalue weighted by Gasteiger charge is -2.15. The molecule has 88 valence electrons. The van der Waals surface area contributed by atoms with Crippen molar-refractivity contribution in [1.29, 1.82) is 0 Å². The highest BCUT2D eigenvalue weighted by Gasteiger charge is 2.17. The van der Waals surface area contributed by atoms with E-state index in [1.54, 1.807) is 7.05 Å². The van der Waals surface area contributed by atoms with Crippen LogP contribution < -0.4 is 4.90 Å². The Labute approximate surface area is 102 Å². The molecule has 1 aromatic carbocycles. The van der Waals surface area contributed by atoms with Gasteiger partial charge in [0.15, 0.2) is 0 Å². The van der Waals surface area contributed by atoms with E-state index in [0.29, 0.717) is 0 Å². The minimum absolute atomic E-state index is 0.416. The Morgan fingerprint density at radius 1 is 1.35 bits per heavy atom. The molecule has 0 saturated heterocycles. The van der Waals surface area contributed by atoms with Crippen molar-refractivity contribution in [2.45, 2.75) is 6.42 Å². The molecule has 0 atom stereocenters. The number of carbonyl (C=O) groups excluding carboxylic acids is 1. The van der Waals surface area contributed by atoms with Crippen molar-refractivity contribution in [1.82, 2.24) is 0 Å². The zero-order valence-corrected chi connectivity index (χ0v) is 10.0. The van der Waals surface area contributed by atoms with E-state index in [1.165, 1.54) is 16.2 Å². The van der Waals surface area contributed by atoms with Crippen molar-refractivity contribution in [3.63, 3.8) is 0 Å². The summed E-state index contributed by atoms with van der Waals surface area (Å²) < 4.78 is 1.08. The number of thiophene rings is 1. The Morgan fingerprint density at radius 3 is 2.76 bits per heavy atom. The first-order valence-electron chi connectivity index (χ1n) is 5.04. The second kappa shape index (κ2) is 4.55. The van der Waals surface area contributed by atoms with Gasteiger partial charge in [-0.15, -0.1) is 11.3 Å². The summed E-state index contributed by atoms with van der Waals surface area (Å²) in [5, 5.41) is 11.4. The van der Waals surface area contributed by atoms with Crippen LogP contribution in [0.3, 0.4) is 0 Å². The maximum Gasteiger partial charge on any atom is 0.312 e. The second-order valence-electron chi connectivity index (χ2n) is 3.64. The summed E-state index contributed by atoms with van der Waals surface area (Å²) in [5.41, 5.74) is 0.761. The normalized spacial score (nSPS) is 10.4. The number of fused-ring (bicyclic) bond motifs is 1. The van der Waals surface area contributed by atoms with Crippen LogP contribution in [0.2, 0.25) is 0 Å². The molecule has 0 spiro atoms. The maximum absolute atomic E-state index is 11.6. The molecule has 0 aliphatic carbocycles. The van der Waals surface area contributed by atoms with Gasteiger partial charge in [0, 0.05) is 22.5 Å². The van der Waals surface area contributed by atoms with E-state index in [2.05, 4.69) is 0 Å². The van der Waals surface area contributed by atoms with E-state index < -0.39 is 18.3 Å². The molecule has 1 amide bonds. The van der Waals surface area contributed by atoms with E-state index in [4.69, 9.17) is 5.11 Å². The van der Waals surface area contributed by atoms with Gasteiger partial charge in [-0.1, -0.05) is 18.2 Å². The van der Waals surface area contributed by atoms with Crippen LogP contribution >= 0.6 is 11.3 Å². The van der Waals surface area contributed by atoms with Gasteiger partial charge in [-0.25, -0.2) is 0 Å². The fraction of sp³-hybridized carbons (Fsp3) is 0.167. The van der Waals surface area contributed by atoms with E-state index in [1.807, 2.05) is 29.6 Å². The number of amides is 1. The number of hydrogen-bond donors (Lipinski definition) is 1. The lowest BCUT2D eigenvalue weighted by Crippen LogP contribution is -2.27. The van der Waals surface area contributed by atoms with Gasteiger partial charge in [0.1, 0.15) is 6.42 Å². The summed E-state index contributed by atoms with van der Waals surface area (Å²) in [7, 11) is 1.60. The van der Waals surface area contributed by atoms with Crippen LogP contribution in [0.25, 0.3) is 10.1 Å². The first-order valence-corrected chi connectivity index (χ1v) is 5.92. The first-order chi connectivity index (χ1) is 8.09. The van der Waals surface area contributed by atoms with E-state index in [-0.39, 0.29) is 0 Å². The molecule has 4 nitrogen and oxygen atoms in total. The Kier molecular flexibility index (Phi) is 3.10. The predicted molar refractivity (Wildman–Crippen MR) is 67.5 cm³/mol. The van der Waals surface area contributed by atoms with Crippen LogP contribution in [0.15, 0.2) is 29.6 Å². The molecule has 0 radical (unpaired) electrons. The Bertz CT molecular complexity index is 576. The molecule has 0 unspecified atom stereocenters. The molecule has 1 aromatic heterocycles. The Balaban J connectivity index is 2.33. The van der Waals surface area contributed by atoms with Crippen LogP contribution in [-0.4, -0.2) is 24.0 Å². The van der Waals surface area contributed by atoms with Gasteiger partial charge in [0.25, 0.3) is 0 Å². The van der Waals surface area contributed by atoms with Gasteiger partial charge in [-0.05, 0) is 6.07 Å². The lowest BCUT2D eigenvalue weighted by molar-refractivity contribution is -0.140. The third-order valence-corrected chi connectivity index (χ3v) is 3.45. The molecule has 0 saturated carbocycles. The molecule has 0 aliphatic heterocycles. The van der Waals surface area contributed by atoms with Gasteiger partial charge in [0.05, 0.1) is 5.69 Å². The molecule has 1 heterocycles. The summed E-state index contributed by atoms with van der Waals surface area (Å²) >= 11 is 1.54. The number of hydrogen-bond acceptors (Lipinski definition) is 3. The van der Waals surface area contributed by atoms with Crippen LogP contribution in [0.4, 0.5) is 5.69 Å². The number of anilines is 1. The molecule has 2 aromatic rings. The average Bonchev–Trinajstić information content (AvgIpc) is 2.70. The highest BCUT2D eigenvalue weighted by Crippen LogP contribution is 2.32. The fourth-order valence-electron chi connectivity index (χ4n) is 1.61. The number of rotatable bonds is 3. The molecule has 0 aliphatic rings. The standard InChI is InChI=1S/C12H11NO3S/c1-13(11(14)6-12(15)16)9-7-17-10-5-3-2-4-8(9)10/h2-5,7H,6H2,1H3,(H,15,16). The smallest absolute Gasteiger partial charge is 0.312 e. The highest BCUT2D eigenvalue weighted by molar-refractivity contribution is 7.17. The number of benzene rings is 1. The number of aliphatic carboxylic acids is 1. The molecule has 1 N–H and O–H groups in total. The van der Waals surface area contributed by atoms with Gasteiger partial charge < -0.3 is 10.0 Å². The van der Waals surface area contributed by atoms with Gasteiger partial charge in [-0.3, -0.25) is 9.59 Å². The molecule has 2 rings (SSSR count). The van der Waals surface area contributed by atoms with E-state index in [0.717, 1.165) is 15.8 Å². The van der Waals surface area contributed by atoms with Crippen LogP contribution in [-0.2, 0) is 9.59 Å². The Morgan fingerprint density at radius 2 is 2.06 bits per heavy atom. The highest BCUT2D eigenvalue weighted by atomic mass is 32.1. The third kappa shape index (κ3) is 2.29. The van der Waals surface area contributed by atoms with E-state index >= 15 is 0 Å². The number of carboxylic acids is 1. The van der Waals surface area contributed by atoms with Crippen molar-refractivity contribution >= 4 is 39.0 Å². The van der Waals surface area contributed by atoms with Crippen molar-refractivity contribution in [2.24, 2.45) is 0 Å². The summed E-state index contributed by atoms with van der Waals surface area (Å²) in [4.78, 5) is 23.5. The molecular weight excluding hydrogens is 238 g/mol. The fourth-order valence-corrected chi connectivity index (χ4v) is 2.59. The summed E-state index contributed by atoms with van der Waals surface area (Å²) in [6, 6.07) is 7.72. The summed E-state index contributed by atoms with van der Waals surface area (Å²) in [5.74, 6) is -1.53. The van der Waals surface area contributed by atoms with Crippen LogP contribution in [0, 0.1) is 0 Å². The predicted octanol–water partition coefficient (Wildman–Crippen LogP) is 2.34. The van der Waals surface area contributed by atoms with Crippen molar-refractivity contribution in [2.75, 3.05) is 11.9 Å². The first kappa shape index (κ1) is 11.6. The van der Waals surface area contributed by atoms with Gasteiger partial charge in [0.2, 0.25) is 5.91 Å². The van der Waals surface area contributed by atoms with Gasteiger partial charge >= 0.3 is 5.97 Å². The van der Waals surface area contributed by atoms with Crippen molar-refractivity contribution < 1.29 is 14.7 Å². The quantitative estimate of drug-likeness (QED) is 0.849. The zero-order chi connectivity index (χ0) is 12.4. The topological polar surface area (TPSA) is 57.6 Å². The average molecular weight is 249 g/mol. The Hall–Kier alpha value is -1.88. The molecule has 17 heavy (non-hydrogen) atoms. The zero-order valence-electron chi connectivity index (χ0n) is 9.21. The van der Waals surface area contributed by atoms with Crippen LogP contribution in [0.1, 0.15) is 6.42 Å². The molecular formula is C12H11NO3S. The van der Waals surface area contributed by atoms with Crippen LogP contribution in [0.5, 0.6) is 0 Å². The monoisotopic (exact) mass is 249 g/mol. The summed E-state index contributed by atoms with van der Waals surface area (Å²) in [6.45, 7) is 0.